The van der Waals surface area contributed by atoms with E-state index in [-0.39, 0.29) is 0 Å². The largest absolute Gasteiger partial charge is 0.316 e. The lowest BCUT2D eigenvalue weighted by molar-refractivity contribution is 0.487. The first kappa shape index (κ1) is 15.0. The molecule has 2 unspecified atom stereocenters. The van der Waals surface area contributed by atoms with Crippen LogP contribution in [0, 0.1) is 17.3 Å². The van der Waals surface area contributed by atoms with Crippen molar-refractivity contribution in [2.75, 3.05) is 13.1 Å². The molecule has 0 spiro atoms. The Labute approximate surface area is 131 Å². The van der Waals surface area contributed by atoms with Gasteiger partial charge in [-0.25, -0.2) is 0 Å². The first-order chi connectivity index (χ1) is 8.34. The smallest absolute Gasteiger partial charge is 0.0843 e. The van der Waals surface area contributed by atoms with Gasteiger partial charge in [-0.3, -0.25) is 0 Å². The summed E-state index contributed by atoms with van der Waals surface area (Å²) in [7, 11) is 0. The lowest BCUT2D eigenvalue weighted by Gasteiger charge is -2.07. The first-order valence-corrected chi connectivity index (χ1v) is 8.89. The van der Waals surface area contributed by atoms with Crippen molar-refractivity contribution in [1.29, 1.82) is 0 Å². The zero-order valence-electron chi connectivity index (χ0n) is 11.4. The van der Waals surface area contributed by atoms with E-state index in [1.807, 2.05) is 11.3 Å². The normalized spacial score (nSPS) is 25.7. The van der Waals surface area contributed by atoms with Crippen molar-refractivity contribution in [1.82, 2.24) is 5.32 Å². The predicted octanol–water partition coefficient (Wildman–Crippen LogP) is 5.26. The van der Waals surface area contributed by atoms with Gasteiger partial charge in [-0.15, -0.1) is 11.3 Å². The molecule has 0 aromatic carbocycles. The highest BCUT2D eigenvalue weighted by atomic mass is 79.9. The second-order valence-corrected chi connectivity index (χ2v) is 9.48. The molecule has 1 nitrogen and oxygen atoms in total. The van der Waals surface area contributed by atoms with Crippen LogP contribution in [0.25, 0.3) is 0 Å². The van der Waals surface area contributed by atoms with Crippen molar-refractivity contribution in [3.05, 3.63) is 19.2 Å². The number of hydrogen-bond acceptors (Lipinski definition) is 2. The maximum absolute atomic E-state index is 3.60. The van der Waals surface area contributed by atoms with Gasteiger partial charge in [0.15, 0.2) is 0 Å². The molecule has 0 amide bonds. The molecule has 1 aliphatic rings. The lowest BCUT2D eigenvalue weighted by Crippen LogP contribution is -2.23. The van der Waals surface area contributed by atoms with E-state index in [9.17, 15) is 0 Å². The number of nitrogens with one attached hydrogen (secondary N) is 1. The van der Waals surface area contributed by atoms with Crippen molar-refractivity contribution >= 4 is 43.2 Å². The summed E-state index contributed by atoms with van der Waals surface area (Å²) in [5.74, 6) is 2.22. The minimum Gasteiger partial charge on any atom is -0.316 e. The molecule has 1 N–H and O–H groups in total. The van der Waals surface area contributed by atoms with E-state index >= 15 is 0 Å². The Hall–Kier alpha value is 0.620. The molecule has 4 heteroatoms. The van der Waals surface area contributed by atoms with Gasteiger partial charge >= 0.3 is 0 Å². The third-order valence-electron chi connectivity index (χ3n) is 3.94. The maximum atomic E-state index is 3.60. The summed E-state index contributed by atoms with van der Waals surface area (Å²) in [4.78, 5) is 1.51. The van der Waals surface area contributed by atoms with Gasteiger partial charge in [0.05, 0.1) is 3.79 Å². The van der Waals surface area contributed by atoms with E-state index in [2.05, 4.69) is 70.9 Å². The Kier molecular flexibility index (Phi) is 4.63. The molecular formula is C14H21Br2NS. The van der Waals surface area contributed by atoms with E-state index in [1.54, 1.807) is 0 Å². The summed E-state index contributed by atoms with van der Waals surface area (Å²) in [6.07, 6.45) is 0. The Balaban J connectivity index is 1.98. The van der Waals surface area contributed by atoms with Crippen LogP contribution in [-0.4, -0.2) is 13.1 Å². The molecule has 1 saturated carbocycles. The maximum Gasteiger partial charge on any atom is 0.0843 e. The molecular weight excluding hydrogens is 374 g/mol. The second-order valence-electron chi connectivity index (χ2n) is 6.23. The van der Waals surface area contributed by atoms with Crippen LogP contribution in [-0.2, 0) is 0 Å². The van der Waals surface area contributed by atoms with Gasteiger partial charge < -0.3 is 5.32 Å². The average molecular weight is 395 g/mol. The van der Waals surface area contributed by atoms with E-state index in [1.165, 1.54) is 13.1 Å². The molecule has 2 rings (SSSR count). The summed E-state index contributed by atoms with van der Waals surface area (Å²) in [6, 6.07) is 2.28. The van der Waals surface area contributed by atoms with Crippen LogP contribution in [0.2, 0.25) is 0 Å². The van der Waals surface area contributed by atoms with Crippen molar-refractivity contribution < 1.29 is 0 Å². The third-order valence-corrected chi connectivity index (χ3v) is 7.28. The molecule has 102 valence electrons. The zero-order chi connectivity index (χ0) is 13.5. The average Bonchev–Trinajstić information content (AvgIpc) is 2.61. The summed E-state index contributed by atoms with van der Waals surface area (Å²) in [5, 5.41) is 3.60. The molecule has 0 radical (unpaired) electrons. The van der Waals surface area contributed by atoms with Gasteiger partial charge in [-0.05, 0) is 68.3 Å². The molecule has 18 heavy (non-hydrogen) atoms. The zero-order valence-corrected chi connectivity index (χ0v) is 15.4. The van der Waals surface area contributed by atoms with Crippen LogP contribution in [0.3, 0.4) is 0 Å². The van der Waals surface area contributed by atoms with Gasteiger partial charge in [0, 0.05) is 15.3 Å². The molecule has 2 atom stereocenters. The van der Waals surface area contributed by atoms with Crippen molar-refractivity contribution in [3.63, 3.8) is 0 Å². The molecule has 1 aliphatic carbocycles. The van der Waals surface area contributed by atoms with E-state index in [0.717, 1.165) is 24.9 Å². The monoisotopic (exact) mass is 393 g/mol. The quantitative estimate of drug-likeness (QED) is 0.718. The summed E-state index contributed by atoms with van der Waals surface area (Å²) in [6.45, 7) is 11.6. The highest BCUT2D eigenvalue weighted by molar-refractivity contribution is 9.13. The molecule has 1 aromatic heterocycles. The third kappa shape index (κ3) is 3.02. The van der Waals surface area contributed by atoms with E-state index in [0.29, 0.717) is 11.3 Å². The fourth-order valence-electron chi connectivity index (χ4n) is 2.73. The van der Waals surface area contributed by atoms with Crippen molar-refractivity contribution in [3.8, 4) is 0 Å². The van der Waals surface area contributed by atoms with Crippen LogP contribution in [0.5, 0.6) is 0 Å². The predicted molar refractivity (Wildman–Crippen MR) is 87.4 cm³/mol. The van der Waals surface area contributed by atoms with Gasteiger partial charge in [-0.1, -0.05) is 27.7 Å². The summed E-state index contributed by atoms with van der Waals surface area (Å²) >= 11 is 9.06. The van der Waals surface area contributed by atoms with Crippen LogP contribution in [0.4, 0.5) is 0 Å². The number of hydrogen-bond donors (Lipinski definition) is 1. The topological polar surface area (TPSA) is 12.0 Å². The van der Waals surface area contributed by atoms with Gasteiger partial charge in [0.2, 0.25) is 0 Å². The molecule has 0 bridgehead atoms. The number of halogens is 2. The minimum atomic E-state index is 0.438. The van der Waals surface area contributed by atoms with Crippen LogP contribution < -0.4 is 5.32 Å². The molecule has 1 fully saturated rings. The number of thiophene rings is 1. The van der Waals surface area contributed by atoms with Gasteiger partial charge in [0.1, 0.15) is 0 Å². The minimum absolute atomic E-state index is 0.438. The second kappa shape index (κ2) is 5.55. The molecule has 1 heterocycles. The highest BCUT2D eigenvalue weighted by Gasteiger charge is 2.58. The standard InChI is InChI=1S/C14H21Br2NS/c1-8(2)6-17-7-9-12(14(9,3)4)11-5-10(15)13(16)18-11/h5,8-9,12,17H,6-7H2,1-4H3. The number of rotatable bonds is 5. The highest BCUT2D eigenvalue weighted by Crippen LogP contribution is 2.65. The van der Waals surface area contributed by atoms with Crippen LogP contribution in [0.1, 0.15) is 38.5 Å². The van der Waals surface area contributed by atoms with Gasteiger partial charge in [0.25, 0.3) is 0 Å². The molecule has 0 aliphatic heterocycles. The molecule has 0 saturated heterocycles. The first-order valence-electron chi connectivity index (χ1n) is 6.49. The Morgan fingerprint density at radius 2 is 2.06 bits per heavy atom. The summed E-state index contributed by atoms with van der Waals surface area (Å²) < 4.78 is 2.41. The fraction of sp³-hybridized carbons (Fsp3) is 0.714. The Bertz CT molecular complexity index is 406. The van der Waals surface area contributed by atoms with Crippen LogP contribution in [0.15, 0.2) is 14.3 Å². The van der Waals surface area contributed by atoms with E-state index < -0.39 is 0 Å². The SMILES string of the molecule is CC(C)CNCC1C(c2cc(Br)c(Br)s2)C1(C)C. The van der Waals surface area contributed by atoms with Gasteiger partial charge in [-0.2, -0.15) is 0 Å². The Morgan fingerprint density at radius 1 is 1.39 bits per heavy atom. The van der Waals surface area contributed by atoms with E-state index in [4.69, 9.17) is 0 Å². The fourth-order valence-corrected chi connectivity index (χ4v) is 5.19. The van der Waals surface area contributed by atoms with Crippen molar-refractivity contribution in [2.24, 2.45) is 17.3 Å². The lowest BCUT2D eigenvalue weighted by atomic mass is 10.1. The summed E-state index contributed by atoms with van der Waals surface area (Å²) in [5.41, 5.74) is 0.438. The molecule has 1 aromatic rings. The van der Waals surface area contributed by atoms with Crippen molar-refractivity contribution in [2.45, 2.75) is 33.6 Å². The Morgan fingerprint density at radius 3 is 2.56 bits per heavy atom. The van der Waals surface area contributed by atoms with Crippen LogP contribution >= 0.6 is 43.2 Å².